The van der Waals surface area contributed by atoms with Crippen molar-refractivity contribution in [2.45, 2.75) is 19.3 Å². The minimum absolute atomic E-state index is 0.0272. The van der Waals surface area contributed by atoms with Crippen LogP contribution in [-0.2, 0) is 11.2 Å². The van der Waals surface area contributed by atoms with Crippen molar-refractivity contribution in [2.24, 2.45) is 5.41 Å². The summed E-state index contributed by atoms with van der Waals surface area (Å²) in [5.41, 5.74) is 1.89. The van der Waals surface area contributed by atoms with Gasteiger partial charge in [0.25, 0.3) is 5.91 Å². The fraction of sp³-hybridized carbons (Fsp3) is 0.304. The maximum Gasteiger partial charge on any atom is 0.274 e. The molecule has 30 heavy (non-hydrogen) atoms. The van der Waals surface area contributed by atoms with Gasteiger partial charge in [0.05, 0.1) is 11.6 Å². The second-order valence-corrected chi connectivity index (χ2v) is 8.58. The molecule has 1 aromatic carbocycles. The van der Waals surface area contributed by atoms with Crippen LogP contribution in [-0.4, -0.2) is 46.8 Å². The molecule has 7 heteroatoms. The van der Waals surface area contributed by atoms with Crippen LogP contribution >= 0.6 is 11.3 Å². The number of amides is 2. The Morgan fingerprint density at radius 1 is 1.23 bits per heavy atom. The number of piperidine rings is 1. The Morgan fingerprint density at radius 2 is 2.13 bits per heavy atom. The summed E-state index contributed by atoms with van der Waals surface area (Å²) < 4.78 is 0. The van der Waals surface area contributed by atoms with Crippen molar-refractivity contribution in [2.75, 3.05) is 20.1 Å². The zero-order valence-electron chi connectivity index (χ0n) is 16.9. The monoisotopic (exact) mass is 420 g/mol. The van der Waals surface area contributed by atoms with Crippen molar-refractivity contribution in [3.05, 3.63) is 71.6 Å². The third kappa shape index (κ3) is 4.11. The number of nitrogens with one attached hydrogen (secondary N) is 1. The molecule has 1 fully saturated rings. The lowest BCUT2D eigenvalue weighted by Gasteiger charge is -2.41. The van der Waals surface area contributed by atoms with Gasteiger partial charge in [0, 0.05) is 37.4 Å². The van der Waals surface area contributed by atoms with Crippen molar-refractivity contribution in [1.29, 1.82) is 0 Å². The Morgan fingerprint density at radius 3 is 2.87 bits per heavy atom. The quantitative estimate of drug-likeness (QED) is 0.686. The number of rotatable bonds is 5. The SMILES string of the molecule is CNC(=O)C1(Cc2cccc(-c3cccs3)c2)CCCN(C(=O)c2cnccn2)C1. The van der Waals surface area contributed by atoms with Gasteiger partial charge in [-0.1, -0.05) is 30.3 Å². The van der Waals surface area contributed by atoms with Gasteiger partial charge in [-0.25, -0.2) is 4.98 Å². The Kier molecular flexibility index (Phi) is 5.90. The lowest BCUT2D eigenvalue weighted by Crippen LogP contribution is -2.54. The number of hydrogen-bond donors (Lipinski definition) is 1. The lowest BCUT2D eigenvalue weighted by molar-refractivity contribution is -0.133. The first-order valence-electron chi connectivity index (χ1n) is 10.0. The van der Waals surface area contributed by atoms with Crippen LogP contribution in [0, 0.1) is 5.41 Å². The zero-order chi connectivity index (χ0) is 21.0. The number of hydrogen-bond acceptors (Lipinski definition) is 5. The first kappa shape index (κ1) is 20.2. The molecule has 0 saturated carbocycles. The molecule has 0 radical (unpaired) electrons. The third-order valence-electron chi connectivity index (χ3n) is 5.63. The highest BCUT2D eigenvalue weighted by molar-refractivity contribution is 7.13. The Bertz CT molecular complexity index is 1020. The van der Waals surface area contributed by atoms with E-state index in [4.69, 9.17) is 0 Å². The smallest absolute Gasteiger partial charge is 0.274 e. The Hall–Kier alpha value is -3.06. The van der Waals surface area contributed by atoms with Crippen LogP contribution in [0.15, 0.2) is 60.4 Å². The van der Waals surface area contributed by atoms with Crippen LogP contribution in [0.4, 0.5) is 0 Å². The summed E-state index contributed by atoms with van der Waals surface area (Å²) >= 11 is 1.70. The zero-order valence-corrected chi connectivity index (χ0v) is 17.7. The highest BCUT2D eigenvalue weighted by Gasteiger charge is 2.43. The number of likely N-dealkylation sites (tertiary alicyclic amines) is 1. The van der Waals surface area contributed by atoms with E-state index >= 15 is 0 Å². The van der Waals surface area contributed by atoms with Crippen LogP contribution < -0.4 is 5.32 Å². The molecule has 2 aromatic heterocycles. The van der Waals surface area contributed by atoms with E-state index in [1.807, 2.05) is 12.1 Å². The molecule has 2 amide bonds. The van der Waals surface area contributed by atoms with Crippen molar-refractivity contribution in [3.63, 3.8) is 0 Å². The first-order valence-corrected chi connectivity index (χ1v) is 10.9. The molecular weight excluding hydrogens is 396 g/mol. The van der Waals surface area contributed by atoms with Crippen molar-refractivity contribution >= 4 is 23.2 Å². The van der Waals surface area contributed by atoms with Crippen molar-refractivity contribution in [3.8, 4) is 10.4 Å². The Labute approximate surface area is 180 Å². The summed E-state index contributed by atoms with van der Waals surface area (Å²) in [7, 11) is 1.66. The fourth-order valence-electron chi connectivity index (χ4n) is 4.22. The molecule has 0 spiro atoms. The van der Waals surface area contributed by atoms with Crippen LogP contribution in [0.5, 0.6) is 0 Å². The molecule has 6 nitrogen and oxygen atoms in total. The number of carbonyl (C=O) groups is 2. The van der Waals surface area contributed by atoms with Gasteiger partial charge in [-0.3, -0.25) is 14.6 Å². The molecule has 1 saturated heterocycles. The van der Waals surface area contributed by atoms with Gasteiger partial charge in [0.15, 0.2) is 0 Å². The van der Waals surface area contributed by atoms with Crippen molar-refractivity contribution < 1.29 is 9.59 Å². The topological polar surface area (TPSA) is 75.2 Å². The standard InChI is InChI=1S/C23H24N4O2S/c1-24-22(29)23(14-17-5-2-6-18(13-17)20-7-3-12-30-20)8-4-11-27(16-23)21(28)19-15-25-9-10-26-19/h2-3,5-7,9-10,12-13,15H,4,8,11,14,16H2,1H3,(H,24,29). The van der Waals surface area contributed by atoms with E-state index < -0.39 is 5.41 Å². The normalized spacial score (nSPS) is 18.8. The van der Waals surface area contributed by atoms with Crippen molar-refractivity contribution in [1.82, 2.24) is 20.2 Å². The van der Waals surface area contributed by atoms with Gasteiger partial charge in [0.2, 0.25) is 5.91 Å². The van der Waals surface area contributed by atoms with E-state index in [0.717, 1.165) is 24.0 Å². The second kappa shape index (κ2) is 8.75. The molecule has 1 N–H and O–H groups in total. The molecule has 1 aliphatic heterocycles. The molecule has 0 bridgehead atoms. The first-order chi connectivity index (χ1) is 14.6. The molecule has 3 aromatic rings. The van der Waals surface area contributed by atoms with Gasteiger partial charge in [0.1, 0.15) is 5.69 Å². The van der Waals surface area contributed by atoms with Crippen LogP contribution in [0.1, 0.15) is 28.9 Å². The summed E-state index contributed by atoms with van der Waals surface area (Å²) in [5.74, 6) is -0.205. The lowest BCUT2D eigenvalue weighted by atomic mass is 9.74. The minimum atomic E-state index is -0.668. The van der Waals surface area contributed by atoms with E-state index in [-0.39, 0.29) is 11.8 Å². The highest BCUT2D eigenvalue weighted by Crippen LogP contribution is 2.36. The average molecular weight is 421 g/mol. The van der Waals surface area contributed by atoms with Gasteiger partial charge in [-0.15, -0.1) is 11.3 Å². The van der Waals surface area contributed by atoms with E-state index in [0.29, 0.717) is 25.2 Å². The van der Waals surface area contributed by atoms with E-state index in [2.05, 4.69) is 44.9 Å². The number of carbonyl (C=O) groups excluding carboxylic acids is 2. The van der Waals surface area contributed by atoms with E-state index in [1.165, 1.54) is 17.3 Å². The van der Waals surface area contributed by atoms with Crippen LogP contribution in [0.3, 0.4) is 0 Å². The molecular formula is C23H24N4O2S. The van der Waals surface area contributed by atoms with E-state index in [9.17, 15) is 9.59 Å². The molecule has 154 valence electrons. The number of benzene rings is 1. The molecule has 3 heterocycles. The number of nitrogens with zero attached hydrogens (tertiary/aromatic N) is 3. The average Bonchev–Trinajstić information content (AvgIpc) is 3.34. The van der Waals surface area contributed by atoms with E-state index in [1.54, 1.807) is 29.5 Å². The molecule has 0 aliphatic carbocycles. The summed E-state index contributed by atoms with van der Waals surface area (Å²) in [6.45, 7) is 0.981. The fourth-order valence-corrected chi connectivity index (χ4v) is 4.94. The van der Waals surface area contributed by atoms with Crippen LogP contribution in [0.25, 0.3) is 10.4 Å². The largest absolute Gasteiger partial charge is 0.359 e. The van der Waals surface area contributed by atoms with Gasteiger partial charge in [-0.05, 0) is 41.8 Å². The molecule has 1 aliphatic rings. The highest BCUT2D eigenvalue weighted by atomic mass is 32.1. The summed E-state index contributed by atoms with van der Waals surface area (Å²) in [6, 6.07) is 12.5. The predicted molar refractivity (Wildman–Crippen MR) is 117 cm³/mol. The molecule has 1 unspecified atom stereocenters. The molecule has 4 rings (SSSR count). The summed E-state index contributed by atoms with van der Waals surface area (Å²) in [5, 5.41) is 4.90. The minimum Gasteiger partial charge on any atom is -0.359 e. The van der Waals surface area contributed by atoms with Crippen LogP contribution in [0.2, 0.25) is 0 Å². The number of thiophene rings is 1. The van der Waals surface area contributed by atoms with Gasteiger partial charge in [-0.2, -0.15) is 0 Å². The predicted octanol–water partition coefficient (Wildman–Crippen LogP) is 3.42. The maximum atomic E-state index is 13.0. The molecule has 1 atom stereocenters. The second-order valence-electron chi connectivity index (χ2n) is 7.63. The maximum absolute atomic E-state index is 13.0. The third-order valence-corrected chi connectivity index (χ3v) is 6.55. The summed E-state index contributed by atoms with van der Waals surface area (Å²) in [4.78, 5) is 37.1. The van der Waals surface area contributed by atoms with Gasteiger partial charge < -0.3 is 10.2 Å². The van der Waals surface area contributed by atoms with Gasteiger partial charge >= 0.3 is 0 Å². The Balaban J connectivity index is 1.61. The number of aromatic nitrogens is 2. The summed E-state index contributed by atoms with van der Waals surface area (Å²) in [6.07, 6.45) is 6.62.